The Bertz CT molecular complexity index is 752. The Hall–Kier alpha value is -2.14. The van der Waals surface area contributed by atoms with Gasteiger partial charge in [-0.05, 0) is 96.6 Å². The summed E-state index contributed by atoms with van der Waals surface area (Å²) in [6.07, 6.45) is 46.9. The summed E-state index contributed by atoms with van der Waals surface area (Å²) < 4.78 is 0. The van der Waals surface area contributed by atoms with Crippen molar-refractivity contribution in [3.05, 3.63) is 48.6 Å². The third-order valence-corrected chi connectivity index (χ3v) is 8.65. The molecule has 5 nitrogen and oxygen atoms in total. The molecule has 0 aliphatic rings. The third kappa shape index (κ3) is 31.8. The van der Waals surface area contributed by atoms with Gasteiger partial charge in [0.05, 0.1) is 0 Å². The van der Waals surface area contributed by atoms with Gasteiger partial charge in [-0.25, -0.2) is 0 Å². The van der Waals surface area contributed by atoms with Gasteiger partial charge in [0.15, 0.2) is 0 Å². The summed E-state index contributed by atoms with van der Waals surface area (Å²) in [5.74, 6) is -1.81. The summed E-state index contributed by atoms with van der Waals surface area (Å²) in [4.78, 5) is 25.3. The zero-order valence-corrected chi connectivity index (χ0v) is 30.2. The van der Waals surface area contributed by atoms with Gasteiger partial charge in [-0.1, -0.05) is 140 Å². The molecule has 0 fully saturated rings. The van der Waals surface area contributed by atoms with E-state index in [4.69, 9.17) is 5.11 Å². The van der Waals surface area contributed by atoms with Crippen LogP contribution in [0.1, 0.15) is 181 Å². The molecule has 0 radical (unpaired) electrons. The van der Waals surface area contributed by atoms with Crippen molar-refractivity contribution in [1.29, 1.82) is 0 Å². The second kappa shape index (κ2) is 35.7. The molecule has 0 unspecified atom stereocenters. The monoisotopic (exact) mass is 644 g/mol. The van der Waals surface area contributed by atoms with Gasteiger partial charge < -0.3 is 10.2 Å². The second-order valence-electron chi connectivity index (χ2n) is 13.0. The first-order valence-electron chi connectivity index (χ1n) is 19.3. The number of rotatable bonds is 35. The second-order valence-corrected chi connectivity index (χ2v) is 13.0. The van der Waals surface area contributed by atoms with E-state index in [1.54, 1.807) is 0 Å². The van der Waals surface area contributed by atoms with Gasteiger partial charge in [0.25, 0.3) is 0 Å². The predicted molar refractivity (Wildman–Crippen MR) is 199 cm³/mol. The number of carboxylic acids is 2. The first kappa shape index (κ1) is 43.9. The van der Waals surface area contributed by atoms with Gasteiger partial charge >= 0.3 is 11.9 Å². The van der Waals surface area contributed by atoms with Crippen molar-refractivity contribution in [1.82, 2.24) is 4.90 Å². The van der Waals surface area contributed by atoms with Crippen LogP contribution >= 0.6 is 0 Å². The van der Waals surface area contributed by atoms with Crippen LogP contribution in [0.5, 0.6) is 0 Å². The molecule has 2 N–H and O–H groups in total. The molecular weight excluding hydrogens is 570 g/mol. The van der Waals surface area contributed by atoms with E-state index >= 15 is 0 Å². The third-order valence-electron chi connectivity index (χ3n) is 8.65. The first-order chi connectivity index (χ1) is 22.5. The van der Waals surface area contributed by atoms with Gasteiger partial charge in [0, 0.05) is 6.42 Å². The predicted octanol–water partition coefficient (Wildman–Crippen LogP) is 12.2. The molecule has 266 valence electrons. The van der Waals surface area contributed by atoms with Crippen molar-refractivity contribution < 1.29 is 19.8 Å². The highest BCUT2D eigenvalue weighted by Crippen LogP contribution is 2.15. The molecule has 0 rings (SSSR count). The van der Waals surface area contributed by atoms with Crippen LogP contribution in [0.15, 0.2) is 48.6 Å². The molecular formula is C41H73NO4. The standard InChI is InChI=1S/C41H73NO4/c1-3-5-7-9-11-13-15-17-19-21-23-25-27-29-31-33-37-42(39(41(45)46)35-36-40(43)44)38-34-32-30-28-26-24-22-20-18-16-14-12-10-8-6-4-2/h11-14,17-20,39H,3-10,15-16,21-38H2,1-2H3,(H,43,44)(H,45,46)/b13-11-,14-12-,19-17-,20-18-/t39-/m0/s1. The lowest BCUT2D eigenvalue weighted by Crippen LogP contribution is -2.42. The minimum Gasteiger partial charge on any atom is -0.481 e. The van der Waals surface area contributed by atoms with Crippen molar-refractivity contribution >= 4 is 11.9 Å². The van der Waals surface area contributed by atoms with E-state index in [1.807, 2.05) is 0 Å². The van der Waals surface area contributed by atoms with Gasteiger partial charge in [0.2, 0.25) is 0 Å². The number of nitrogens with zero attached hydrogens (tertiary/aromatic N) is 1. The summed E-state index contributed by atoms with van der Waals surface area (Å²) in [6.45, 7) is 5.96. The molecule has 0 amide bonds. The molecule has 0 bridgehead atoms. The van der Waals surface area contributed by atoms with Crippen LogP contribution in [0.25, 0.3) is 0 Å². The van der Waals surface area contributed by atoms with E-state index in [-0.39, 0.29) is 12.8 Å². The Balaban J connectivity index is 4.16. The van der Waals surface area contributed by atoms with Gasteiger partial charge in [-0.15, -0.1) is 0 Å². The number of carbonyl (C=O) groups is 2. The summed E-state index contributed by atoms with van der Waals surface area (Å²) in [5.41, 5.74) is 0. The van der Waals surface area contributed by atoms with Gasteiger partial charge in [-0.3, -0.25) is 14.5 Å². The highest BCUT2D eigenvalue weighted by molar-refractivity contribution is 5.75. The van der Waals surface area contributed by atoms with Crippen molar-refractivity contribution in [2.45, 2.75) is 187 Å². The Morgan fingerprint density at radius 3 is 1.20 bits per heavy atom. The number of aliphatic carboxylic acids is 2. The number of allylic oxidation sites excluding steroid dienone is 8. The highest BCUT2D eigenvalue weighted by Gasteiger charge is 2.25. The Morgan fingerprint density at radius 2 is 0.848 bits per heavy atom. The number of hydrogen-bond acceptors (Lipinski definition) is 3. The lowest BCUT2D eigenvalue weighted by molar-refractivity contribution is -0.144. The molecule has 0 aliphatic carbocycles. The van der Waals surface area contributed by atoms with E-state index in [2.05, 4.69) is 67.4 Å². The fraction of sp³-hybridized carbons (Fsp3) is 0.756. The zero-order chi connectivity index (χ0) is 33.8. The number of unbranched alkanes of at least 4 members (excludes halogenated alkanes) is 18. The van der Waals surface area contributed by atoms with E-state index in [9.17, 15) is 14.7 Å². The lowest BCUT2D eigenvalue weighted by Gasteiger charge is -2.28. The van der Waals surface area contributed by atoms with Crippen LogP contribution in [-0.4, -0.2) is 46.2 Å². The molecule has 0 aromatic carbocycles. The Morgan fingerprint density at radius 1 is 0.500 bits per heavy atom. The maximum absolute atomic E-state index is 12.0. The van der Waals surface area contributed by atoms with Crippen LogP contribution in [0, 0.1) is 0 Å². The van der Waals surface area contributed by atoms with Crippen LogP contribution in [0.3, 0.4) is 0 Å². The molecule has 5 heteroatoms. The molecule has 0 aromatic rings. The summed E-state index contributed by atoms with van der Waals surface area (Å²) in [6, 6.07) is -0.702. The minimum absolute atomic E-state index is 0.0964. The minimum atomic E-state index is -0.923. The summed E-state index contributed by atoms with van der Waals surface area (Å²) in [5, 5.41) is 19.0. The Labute approximate surface area is 284 Å². The van der Waals surface area contributed by atoms with E-state index in [0.29, 0.717) is 0 Å². The Kier molecular flexibility index (Phi) is 34.0. The normalized spacial score (nSPS) is 12.9. The van der Waals surface area contributed by atoms with E-state index in [1.165, 1.54) is 103 Å². The average Bonchev–Trinajstić information content (AvgIpc) is 3.03. The number of carboxylic acid groups (broad SMARTS) is 2. The van der Waals surface area contributed by atoms with Crippen LogP contribution < -0.4 is 0 Å². The van der Waals surface area contributed by atoms with Crippen LogP contribution in [0.2, 0.25) is 0 Å². The molecule has 0 heterocycles. The molecule has 1 atom stereocenters. The average molecular weight is 644 g/mol. The quantitative estimate of drug-likeness (QED) is 0.0531. The molecule has 0 spiro atoms. The summed E-state index contributed by atoms with van der Waals surface area (Å²) >= 11 is 0. The molecule has 0 aromatic heterocycles. The van der Waals surface area contributed by atoms with Crippen molar-refractivity contribution in [2.24, 2.45) is 0 Å². The molecule has 0 aliphatic heterocycles. The van der Waals surface area contributed by atoms with E-state index < -0.39 is 18.0 Å². The van der Waals surface area contributed by atoms with Crippen molar-refractivity contribution in [3.8, 4) is 0 Å². The summed E-state index contributed by atoms with van der Waals surface area (Å²) in [7, 11) is 0. The topological polar surface area (TPSA) is 77.8 Å². The molecule has 0 saturated carbocycles. The van der Waals surface area contributed by atoms with Crippen LogP contribution in [0.4, 0.5) is 0 Å². The van der Waals surface area contributed by atoms with Gasteiger partial charge in [-0.2, -0.15) is 0 Å². The van der Waals surface area contributed by atoms with Crippen molar-refractivity contribution in [3.63, 3.8) is 0 Å². The molecule has 46 heavy (non-hydrogen) atoms. The maximum Gasteiger partial charge on any atom is 0.320 e. The highest BCUT2D eigenvalue weighted by atomic mass is 16.4. The largest absolute Gasteiger partial charge is 0.481 e. The van der Waals surface area contributed by atoms with Crippen LogP contribution in [-0.2, 0) is 9.59 Å². The SMILES string of the molecule is CCCCC/C=C\C/C=C\CCCCCCCCN(CCCCCCCC/C=C\C/C=C\CCCCC)[C@@H](CCC(=O)O)C(=O)O. The number of hydrogen-bond donors (Lipinski definition) is 2. The molecule has 0 saturated heterocycles. The van der Waals surface area contributed by atoms with Gasteiger partial charge in [0.1, 0.15) is 6.04 Å². The van der Waals surface area contributed by atoms with Crippen molar-refractivity contribution in [2.75, 3.05) is 13.1 Å². The maximum atomic E-state index is 12.0. The smallest absolute Gasteiger partial charge is 0.320 e. The first-order valence-corrected chi connectivity index (χ1v) is 19.3. The fourth-order valence-electron chi connectivity index (χ4n) is 5.75. The zero-order valence-electron chi connectivity index (χ0n) is 30.2. The fourth-order valence-corrected chi connectivity index (χ4v) is 5.75. The lowest BCUT2D eigenvalue weighted by atomic mass is 10.1. The van der Waals surface area contributed by atoms with E-state index in [0.717, 1.165) is 64.5 Å².